The summed E-state index contributed by atoms with van der Waals surface area (Å²) in [6.45, 7) is 7.41. The van der Waals surface area contributed by atoms with Crippen molar-refractivity contribution in [3.05, 3.63) is 133 Å². The fourth-order valence-corrected chi connectivity index (χ4v) is 4.19. The molecule has 0 bridgehead atoms. The van der Waals surface area contributed by atoms with E-state index in [1.54, 1.807) is 6.08 Å². The number of benzene rings is 3. The Morgan fingerprint density at radius 1 is 0.756 bits per heavy atom. The number of alkyl halides is 3. The zero-order valence-electron chi connectivity index (χ0n) is 22.9. The quantitative estimate of drug-likeness (QED) is 0.167. The smallest absolute Gasteiger partial charge is 0.369 e. The highest BCUT2D eigenvalue weighted by molar-refractivity contribution is 5.81. The number of halogens is 3. The van der Waals surface area contributed by atoms with Crippen molar-refractivity contribution in [2.75, 3.05) is 13.1 Å². The van der Waals surface area contributed by atoms with Crippen LogP contribution >= 0.6 is 0 Å². The molecule has 0 unspecified atom stereocenters. The highest BCUT2D eigenvalue weighted by Gasteiger charge is 2.44. The number of amides is 1. The van der Waals surface area contributed by atoms with Gasteiger partial charge in [-0.3, -0.25) is 4.79 Å². The van der Waals surface area contributed by atoms with Crippen molar-refractivity contribution < 1.29 is 32.2 Å². The minimum absolute atomic E-state index is 0.0920. The number of rotatable bonds is 17. The van der Waals surface area contributed by atoms with Gasteiger partial charge in [0.15, 0.2) is 0 Å². The largest absolute Gasteiger partial charge is 0.471 e. The van der Waals surface area contributed by atoms with Crippen LogP contribution in [0.5, 0.6) is 0 Å². The molecule has 0 spiro atoms. The summed E-state index contributed by atoms with van der Waals surface area (Å²) in [5.74, 6) is -1.95. The molecule has 0 aliphatic heterocycles. The van der Waals surface area contributed by atoms with Crippen molar-refractivity contribution in [3.63, 3.8) is 0 Å². The molecular formula is C33H36F3NO4. The Hall–Kier alpha value is -3.72. The third-order valence-corrected chi connectivity index (χ3v) is 6.33. The Bertz CT molecular complexity index is 1190. The molecule has 3 aromatic carbocycles. The first-order valence-corrected chi connectivity index (χ1v) is 13.4. The molecule has 0 fully saturated rings. The number of hydrogen-bond acceptors (Lipinski definition) is 4. The summed E-state index contributed by atoms with van der Waals surface area (Å²) in [7, 11) is 0. The predicted octanol–water partition coefficient (Wildman–Crippen LogP) is 6.90. The van der Waals surface area contributed by atoms with Crippen LogP contribution < -0.4 is 0 Å². The Labute approximate surface area is 239 Å². The Morgan fingerprint density at radius 3 is 1.66 bits per heavy atom. The molecule has 218 valence electrons. The van der Waals surface area contributed by atoms with E-state index < -0.39 is 30.4 Å². The zero-order valence-corrected chi connectivity index (χ0v) is 22.9. The van der Waals surface area contributed by atoms with Gasteiger partial charge in [0.05, 0.1) is 19.8 Å². The van der Waals surface area contributed by atoms with Crippen LogP contribution in [0.4, 0.5) is 13.2 Å². The molecule has 0 saturated carbocycles. The molecule has 0 radical (unpaired) electrons. The van der Waals surface area contributed by atoms with Crippen LogP contribution in [0.3, 0.4) is 0 Å². The highest BCUT2D eigenvalue weighted by Crippen LogP contribution is 2.24. The molecule has 1 amide bonds. The van der Waals surface area contributed by atoms with Crippen LogP contribution in [-0.2, 0) is 38.8 Å². The number of carbonyl (C=O) groups is 1. The van der Waals surface area contributed by atoms with E-state index in [4.69, 9.17) is 14.2 Å². The number of ether oxygens (including phenoxy) is 3. The monoisotopic (exact) mass is 567 g/mol. The van der Waals surface area contributed by atoms with Crippen LogP contribution in [0.25, 0.3) is 0 Å². The molecular weight excluding hydrogens is 531 g/mol. The lowest BCUT2D eigenvalue weighted by molar-refractivity contribution is -0.191. The molecule has 0 saturated heterocycles. The van der Waals surface area contributed by atoms with Crippen LogP contribution in [0, 0.1) is 0 Å². The van der Waals surface area contributed by atoms with Crippen LogP contribution in [0.2, 0.25) is 0 Å². The zero-order chi connectivity index (χ0) is 29.5. The van der Waals surface area contributed by atoms with E-state index in [1.807, 2.05) is 91.0 Å². The van der Waals surface area contributed by atoms with E-state index in [-0.39, 0.29) is 39.3 Å². The summed E-state index contributed by atoms with van der Waals surface area (Å²) in [6, 6.07) is 28.1. The minimum Gasteiger partial charge on any atom is -0.369 e. The van der Waals surface area contributed by atoms with E-state index in [0.29, 0.717) is 0 Å². The fourth-order valence-electron chi connectivity index (χ4n) is 4.19. The summed E-state index contributed by atoms with van der Waals surface area (Å²) >= 11 is 0. The maximum Gasteiger partial charge on any atom is 0.471 e. The fraction of sp³-hybridized carbons (Fsp3) is 0.303. The van der Waals surface area contributed by atoms with Gasteiger partial charge in [-0.15, -0.1) is 13.2 Å². The molecule has 8 heteroatoms. The molecule has 0 aliphatic rings. The van der Waals surface area contributed by atoms with Gasteiger partial charge in [0.1, 0.15) is 18.3 Å². The average molecular weight is 568 g/mol. The first-order valence-electron chi connectivity index (χ1n) is 13.4. The van der Waals surface area contributed by atoms with Crippen molar-refractivity contribution in [2.24, 2.45) is 0 Å². The van der Waals surface area contributed by atoms with Gasteiger partial charge in [-0.2, -0.15) is 13.2 Å². The third kappa shape index (κ3) is 10.6. The lowest BCUT2D eigenvalue weighted by atomic mass is 10.1. The summed E-state index contributed by atoms with van der Waals surface area (Å²) in [5.41, 5.74) is 2.59. The molecule has 0 heterocycles. The summed E-state index contributed by atoms with van der Waals surface area (Å²) in [5, 5.41) is 0. The Balaban J connectivity index is 1.94. The van der Waals surface area contributed by atoms with E-state index in [9.17, 15) is 18.0 Å². The van der Waals surface area contributed by atoms with Crippen molar-refractivity contribution >= 4 is 5.91 Å². The van der Waals surface area contributed by atoms with Crippen LogP contribution in [-0.4, -0.2) is 48.4 Å². The molecule has 0 N–H and O–H groups in total. The topological polar surface area (TPSA) is 48.0 Å². The van der Waals surface area contributed by atoms with E-state index in [1.165, 1.54) is 6.08 Å². The number of carbonyl (C=O) groups excluding carboxylic acids is 1. The van der Waals surface area contributed by atoms with Crippen molar-refractivity contribution in [2.45, 2.75) is 50.7 Å². The van der Waals surface area contributed by atoms with E-state index in [2.05, 4.69) is 13.2 Å². The van der Waals surface area contributed by atoms with Crippen molar-refractivity contribution in [1.82, 2.24) is 4.90 Å². The van der Waals surface area contributed by atoms with Gasteiger partial charge in [0.25, 0.3) is 0 Å². The van der Waals surface area contributed by atoms with E-state index >= 15 is 0 Å². The lowest BCUT2D eigenvalue weighted by Crippen LogP contribution is -2.51. The standard InChI is InChI=1S/C33H36F3NO4/c1-3-5-21-37(32(38)33(34,35)36)22-30(40-24-27-17-11-7-12-18-27)31(41-25-28-19-13-8-14-20-28)29(4-2)39-23-26-15-9-6-10-16-26/h3-4,6-20,29-31H,1-2,5,21-25H2/t29-,30+,31+/m1/s1. The van der Waals surface area contributed by atoms with Crippen molar-refractivity contribution in [1.29, 1.82) is 0 Å². The number of hydrogen-bond donors (Lipinski definition) is 0. The average Bonchev–Trinajstić information content (AvgIpc) is 2.99. The summed E-state index contributed by atoms with van der Waals surface area (Å²) in [6.07, 6.45) is -4.50. The SMILES string of the molecule is C=CCCN(C[C@H](OCc1ccccc1)[C@@H](OCc1ccccc1)[C@@H](C=C)OCc1ccccc1)C(=O)C(F)(F)F. The maximum absolute atomic E-state index is 13.6. The van der Waals surface area contributed by atoms with Crippen molar-refractivity contribution in [3.8, 4) is 0 Å². The van der Waals surface area contributed by atoms with Gasteiger partial charge in [-0.1, -0.05) is 103 Å². The van der Waals surface area contributed by atoms with Crippen LogP contribution in [0.1, 0.15) is 23.1 Å². The maximum atomic E-state index is 13.6. The van der Waals surface area contributed by atoms with Gasteiger partial charge < -0.3 is 19.1 Å². The normalized spacial score (nSPS) is 13.6. The minimum atomic E-state index is -5.05. The lowest BCUT2D eigenvalue weighted by Gasteiger charge is -2.35. The molecule has 0 aliphatic carbocycles. The summed E-state index contributed by atoms with van der Waals surface area (Å²) < 4.78 is 59.6. The first kappa shape index (κ1) is 31.8. The molecule has 41 heavy (non-hydrogen) atoms. The van der Waals surface area contributed by atoms with Gasteiger partial charge >= 0.3 is 12.1 Å². The van der Waals surface area contributed by atoms with Gasteiger partial charge in [-0.25, -0.2) is 0 Å². The highest BCUT2D eigenvalue weighted by atomic mass is 19.4. The second-order valence-corrected chi connectivity index (χ2v) is 9.42. The third-order valence-electron chi connectivity index (χ3n) is 6.33. The second kappa shape index (κ2) is 16.5. The molecule has 5 nitrogen and oxygen atoms in total. The van der Waals surface area contributed by atoms with E-state index in [0.717, 1.165) is 21.6 Å². The first-order chi connectivity index (χ1) is 19.8. The van der Waals surface area contributed by atoms with Gasteiger partial charge in [-0.05, 0) is 23.1 Å². The molecule has 3 aromatic rings. The molecule has 3 rings (SSSR count). The Morgan fingerprint density at radius 2 is 1.22 bits per heavy atom. The molecule has 3 atom stereocenters. The van der Waals surface area contributed by atoms with Gasteiger partial charge in [0.2, 0.25) is 0 Å². The summed E-state index contributed by atoms with van der Waals surface area (Å²) in [4.78, 5) is 13.2. The number of nitrogens with zero attached hydrogens (tertiary/aromatic N) is 1. The van der Waals surface area contributed by atoms with Gasteiger partial charge in [0, 0.05) is 13.1 Å². The predicted molar refractivity (Wildman–Crippen MR) is 153 cm³/mol. The Kier molecular flexibility index (Phi) is 12.8. The molecule has 0 aromatic heterocycles. The second-order valence-electron chi connectivity index (χ2n) is 9.42. The van der Waals surface area contributed by atoms with Crippen LogP contribution in [0.15, 0.2) is 116 Å².